The number of nitrogens with one attached hydrogen (secondary N) is 12. The highest BCUT2D eigenvalue weighted by molar-refractivity contribution is 6.31. The fourth-order valence-electron chi connectivity index (χ4n) is 13.7. The average molecular weight is 1720 g/mol. The second-order valence-corrected chi connectivity index (χ2v) is 31.8. The first-order valence-electron chi connectivity index (χ1n) is 39.9. The number of ether oxygens (including phenoxy) is 2. The SMILES string of the molecule is COc1cc(CNc2cc(NC3CC3)n3ncc(/C=C4\CC(=O)NC4=O)c3n2)cc(OC)c1.O=C1C/C(=C\c2cnn3c(NC4CC4)cc(NCc4ccc(Cl)cc4)nc23)C(=O)N1.O=C1C/C(=C\c2cnn3c(NC4CC4)cc(NCc4cccc(Cl)c4)nc23)C(=O)N1.O=C1C/C(=C\c2cnn3c(NC4CC4)cc(NCc4ccccc4Cl)nc23)C(=O)N1. The van der Waals surface area contributed by atoms with Crippen LogP contribution in [-0.2, 0) is 64.5 Å². The van der Waals surface area contributed by atoms with Gasteiger partial charge in [0, 0.05) is 140 Å². The van der Waals surface area contributed by atoms with Crippen molar-refractivity contribution in [1.82, 2.24) is 79.7 Å². The van der Waals surface area contributed by atoms with Gasteiger partial charge in [0.15, 0.2) is 22.6 Å². The largest absolute Gasteiger partial charge is 0.497 e. The van der Waals surface area contributed by atoms with Crippen LogP contribution in [0.1, 0.15) is 122 Å². The Morgan fingerprint density at radius 3 is 1.02 bits per heavy atom. The second kappa shape index (κ2) is 35.6. The number of aromatic nitrogens is 12. The van der Waals surface area contributed by atoms with Crippen molar-refractivity contribution >= 4 is 175 Å². The molecule has 4 aromatic carbocycles. The minimum atomic E-state index is -0.378. The lowest BCUT2D eigenvalue weighted by Gasteiger charge is -2.13. The van der Waals surface area contributed by atoms with E-state index in [4.69, 9.17) is 64.2 Å². The van der Waals surface area contributed by atoms with Crippen LogP contribution in [0.5, 0.6) is 11.5 Å². The summed E-state index contributed by atoms with van der Waals surface area (Å²) in [6, 6.07) is 38.0. The molecule has 626 valence electrons. The van der Waals surface area contributed by atoms with Crippen LogP contribution in [-0.4, -0.2) is 144 Å². The van der Waals surface area contributed by atoms with Gasteiger partial charge in [-0.1, -0.05) is 77.3 Å². The molecule has 12 heterocycles. The molecule has 4 saturated heterocycles. The average Bonchev–Trinajstić information content (AvgIpc) is 1.65. The Hall–Kier alpha value is -14.3. The molecule has 8 fully saturated rings. The monoisotopic (exact) mass is 1710 g/mol. The van der Waals surface area contributed by atoms with Crippen LogP contribution in [0.2, 0.25) is 15.1 Å². The predicted molar refractivity (Wildman–Crippen MR) is 465 cm³/mol. The van der Waals surface area contributed by atoms with Crippen molar-refractivity contribution in [2.75, 3.05) is 56.8 Å². The number of anilines is 8. The van der Waals surface area contributed by atoms with E-state index < -0.39 is 0 Å². The fraction of sp³-hybridized carbons (Fsp3) is 0.256. The number of hydrogen-bond donors (Lipinski definition) is 12. The van der Waals surface area contributed by atoms with E-state index in [0.717, 1.165) is 96.9 Å². The molecule has 8 aromatic heterocycles. The second-order valence-electron chi connectivity index (χ2n) is 30.5. The standard InChI is InChI=1S/C23H24N6O4.3C21H19ClN6O2/c1-32-17-5-13(6-18(9-17)33-2)11-24-19-10-20(26-16-3-4-16)29-22(27-19)15(12-25-29)7-14-8-21(30)28-23(14)31;22-15-3-1-12(2-4-15)10-23-17-9-18(25-16-5-6-16)28-20(26-17)14(11-24-28)7-13-8-19(29)27-21(13)30;22-15-3-1-2-12(6-15)10-23-17-9-18(25-16-4-5-16)28-20(26-17)14(11-24-28)7-13-8-19(29)27-21(13)30;22-16-4-2-1-3-12(16)10-23-17-9-18(25-15-5-6-15)28-20(26-17)14(11-24-28)7-13-8-19(29)27-21(13)30/h5-7,9-10,12,16,26H,3-4,8,11H2,1-2H3,(H,24,27)(H,28,30,31);1-4,7,9,11,16,25H,5-6,8,10H2,(H,23,26)(H,27,29,30);1-3,6-7,9,11,16,25H,4-5,8,10H2,(H,23,26)(H,27,29,30);1-4,7,9,11,15,25H,5-6,8,10H2,(H,23,26)(H,27,29,30)/b14-7+;3*13-7+. The number of rotatable bonds is 26. The van der Waals surface area contributed by atoms with E-state index in [9.17, 15) is 38.4 Å². The van der Waals surface area contributed by atoms with Gasteiger partial charge in [-0.3, -0.25) is 59.6 Å². The van der Waals surface area contributed by atoms with E-state index in [-0.39, 0.29) is 72.9 Å². The van der Waals surface area contributed by atoms with Gasteiger partial charge < -0.3 is 52.0 Å². The van der Waals surface area contributed by atoms with Crippen LogP contribution in [0, 0.1) is 0 Å². The molecule has 0 unspecified atom stereocenters. The molecule has 8 aliphatic rings. The van der Waals surface area contributed by atoms with Crippen LogP contribution in [0.15, 0.2) is 162 Å². The molecular weight excluding hydrogens is 1640 g/mol. The number of benzene rings is 4. The van der Waals surface area contributed by atoms with Crippen LogP contribution in [0.3, 0.4) is 0 Å². The number of carbonyl (C=O) groups excluding carboxylic acids is 8. The first-order valence-corrected chi connectivity index (χ1v) is 41.0. The molecule has 0 spiro atoms. The number of hydrogen-bond acceptors (Lipinski definition) is 26. The van der Waals surface area contributed by atoms with Crippen LogP contribution in [0.25, 0.3) is 46.9 Å². The van der Waals surface area contributed by atoms with E-state index in [1.807, 2.05) is 115 Å². The molecular formula is C86H81Cl3N24O10. The Bertz CT molecular complexity index is 6350. The third kappa shape index (κ3) is 20.1. The zero-order valence-corrected chi connectivity index (χ0v) is 68.6. The van der Waals surface area contributed by atoms with Gasteiger partial charge >= 0.3 is 0 Å². The van der Waals surface area contributed by atoms with Crippen molar-refractivity contribution in [2.24, 2.45) is 0 Å². The van der Waals surface area contributed by atoms with Gasteiger partial charge in [-0.25, -0.2) is 19.9 Å². The Kier molecular flexibility index (Phi) is 23.5. The molecule has 4 aliphatic carbocycles. The summed E-state index contributed by atoms with van der Waals surface area (Å²) in [7, 11) is 3.23. The number of halogens is 3. The molecule has 12 N–H and O–H groups in total. The minimum Gasteiger partial charge on any atom is -0.497 e. The highest BCUT2D eigenvalue weighted by atomic mass is 35.5. The molecule has 12 aromatic rings. The molecule has 0 atom stereocenters. The van der Waals surface area contributed by atoms with E-state index >= 15 is 0 Å². The van der Waals surface area contributed by atoms with Crippen LogP contribution < -0.4 is 73.3 Å². The number of amides is 8. The van der Waals surface area contributed by atoms with Gasteiger partial charge in [0.1, 0.15) is 58.0 Å². The Balaban J connectivity index is 0.000000116. The van der Waals surface area contributed by atoms with Gasteiger partial charge in [0.25, 0.3) is 23.6 Å². The zero-order chi connectivity index (χ0) is 84.9. The maximum Gasteiger partial charge on any atom is 0.254 e. The van der Waals surface area contributed by atoms with Gasteiger partial charge in [-0.15, -0.1) is 0 Å². The Morgan fingerprint density at radius 1 is 0.366 bits per heavy atom. The maximum atomic E-state index is 12.0. The van der Waals surface area contributed by atoms with Gasteiger partial charge in [0.05, 0.1) is 64.7 Å². The first kappa shape index (κ1) is 81.1. The lowest BCUT2D eigenvalue weighted by Crippen LogP contribution is -2.19. The van der Waals surface area contributed by atoms with Crippen molar-refractivity contribution in [1.29, 1.82) is 0 Å². The third-order valence-electron chi connectivity index (χ3n) is 20.7. The lowest BCUT2D eigenvalue weighted by atomic mass is 10.1. The molecule has 4 aliphatic heterocycles. The van der Waals surface area contributed by atoms with Crippen molar-refractivity contribution in [3.05, 3.63) is 222 Å². The molecule has 0 bridgehead atoms. The topological polar surface area (TPSA) is 420 Å². The zero-order valence-electron chi connectivity index (χ0n) is 66.3. The summed E-state index contributed by atoms with van der Waals surface area (Å²) < 4.78 is 17.6. The summed E-state index contributed by atoms with van der Waals surface area (Å²) in [4.78, 5) is 113. The number of imide groups is 4. The number of carbonyl (C=O) groups is 8. The number of fused-ring (bicyclic) bond motifs is 4. The van der Waals surface area contributed by atoms with Crippen LogP contribution >= 0.6 is 34.8 Å². The summed E-state index contributed by atoms with van der Waals surface area (Å²) in [6.45, 7) is 2.17. The summed E-state index contributed by atoms with van der Waals surface area (Å²) >= 11 is 18.3. The maximum absolute atomic E-state index is 12.0. The van der Waals surface area contributed by atoms with Crippen molar-refractivity contribution in [3.8, 4) is 11.5 Å². The number of nitrogens with zero attached hydrogens (tertiary/aromatic N) is 12. The van der Waals surface area contributed by atoms with Gasteiger partial charge in [-0.05, 0) is 140 Å². The van der Waals surface area contributed by atoms with E-state index in [1.165, 1.54) is 0 Å². The summed E-state index contributed by atoms with van der Waals surface area (Å²) in [5.41, 5.74) is 10.8. The van der Waals surface area contributed by atoms with Crippen molar-refractivity contribution in [3.63, 3.8) is 0 Å². The van der Waals surface area contributed by atoms with E-state index in [1.54, 1.807) is 81.4 Å². The normalized spacial score (nSPS) is 17.4. The highest BCUT2D eigenvalue weighted by Gasteiger charge is 2.32. The summed E-state index contributed by atoms with van der Waals surface area (Å²) in [5.74, 6) is 4.71. The van der Waals surface area contributed by atoms with Crippen molar-refractivity contribution in [2.45, 2.75) is 127 Å². The fourth-order valence-corrected chi connectivity index (χ4v) is 14.2. The van der Waals surface area contributed by atoms with Gasteiger partial charge in [0.2, 0.25) is 23.6 Å². The Morgan fingerprint density at radius 2 is 0.699 bits per heavy atom. The molecule has 8 amide bonds. The number of methoxy groups -OCH3 is 2. The molecule has 4 saturated carbocycles. The predicted octanol–water partition coefficient (Wildman–Crippen LogP) is 11.4. The quantitative estimate of drug-likeness (QED) is 0.0177. The van der Waals surface area contributed by atoms with E-state index in [2.05, 4.69) is 84.2 Å². The highest BCUT2D eigenvalue weighted by Crippen LogP contribution is 2.35. The minimum absolute atomic E-state index is 0.0545. The molecule has 34 nitrogen and oxygen atoms in total. The Labute approximate surface area is 716 Å². The molecule has 37 heteroatoms. The van der Waals surface area contributed by atoms with Gasteiger partial charge in [-0.2, -0.15) is 38.5 Å². The molecule has 0 radical (unpaired) electrons. The third-order valence-corrected chi connectivity index (χ3v) is 21.5. The summed E-state index contributed by atoms with van der Waals surface area (Å²) in [5, 5.41) is 56.3. The first-order chi connectivity index (χ1) is 59.7. The van der Waals surface area contributed by atoms with Crippen molar-refractivity contribution < 1.29 is 47.8 Å². The lowest BCUT2D eigenvalue weighted by molar-refractivity contribution is -0.125. The van der Waals surface area contributed by atoms with E-state index in [0.29, 0.717) is 167 Å². The van der Waals surface area contributed by atoms with Crippen LogP contribution in [0.4, 0.5) is 46.5 Å². The molecule has 20 rings (SSSR count). The molecule has 123 heavy (non-hydrogen) atoms. The summed E-state index contributed by atoms with van der Waals surface area (Å²) in [6.07, 6.45) is 22.5. The smallest absolute Gasteiger partial charge is 0.254 e.